The van der Waals surface area contributed by atoms with E-state index in [0.717, 1.165) is 24.9 Å². The van der Waals surface area contributed by atoms with Crippen LogP contribution in [0.25, 0.3) is 0 Å². The molecule has 1 unspecified atom stereocenters. The van der Waals surface area contributed by atoms with Gasteiger partial charge >= 0.3 is 11.9 Å². The van der Waals surface area contributed by atoms with Crippen LogP contribution in [0, 0.1) is 0 Å². The van der Waals surface area contributed by atoms with Crippen molar-refractivity contribution in [3.8, 4) is 11.5 Å². The normalized spacial score (nSPS) is 11.4. The van der Waals surface area contributed by atoms with Crippen molar-refractivity contribution in [2.75, 3.05) is 33.4 Å². The average Bonchev–Trinajstić information content (AvgIpc) is 2.86. The van der Waals surface area contributed by atoms with Crippen molar-refractivity contribution in [2.24, 2.45) is 0 Å². The highest BCUT2D eigenvalue weighted by atomic mass is 35.5. The Morgan fingerprint density at radius 2 is 1.81 bits per heavy atom. The fourth-order valence-electron chi connectivity index (χ4n) is 3.19. The number of halogens is 2. The molecule has 1 amide bonds. The number of hydrogen-bond donors (Lipinski definition) is 3. The van der Waals surface area contributed by atoms with Gasteiger partial charge in [0.15, 0.2) is 18.1 Å². The molecule has 0 bridgehead atoms. The molecule has 0 aromatic heterocycles. The highest BCUT2D eigenvalue weighted by molar-refractivity contribution is 6.39. The number of phenolic OH excluding ortho intramolecular Hbond substituents is 1. The minimum atomic E-state index is -1.17. The van der Waals surface area contributed by atoms with Crippen molar-refractivity contribution in [2.45, 2.75) is 32.2 Å². The predicted octanol–water partition coefficient (Wildman–Crippen LogP) is 3.52. The summed E-state index contributed by atoms with van der Waals surface area (Å²) in [5, 5.41) is 15.9. The van der Waals surface area contributed by atoms with E-state index in [1.807, 2.05) is 13.1 Å². The summed E-state index contributed by atoms with van der Waals surface area (Å²) in [5.41, 5.74) is 0.488. The molecule has 2 aromatic rings. The third-order valence-electron chi connectivity index (χ3n) is 4.97. The predicted molar refractivity (Wildman–Crippen MR) is 136 cm³/mol. The molecule has 0 aliphatic rings. The fourth-order valence-corrected chi connectivity index (χ4v) is 3.75. The third kappa shape index (κ3) is 8.89. The van der Waals surface area contributed by atoms with Gasteiger partial charge in [-0.15, -0.1) is 0 Å². The monoisotopic (exact) mass is 540 g/mol. The lowest BCUT2D eigenvalue weighted by Gasteiger charge is -2.19. The lowest BCUT2D eigenvalue weighted by molar-refractivity contribution is -0.159. The number of aromatic hydroxyl groups is 1. The Labute approximate surface area is 220 Å². The van der Waals surface area contributed by atoms with E-state index < -0.39 is 36.2 Å². The van der Waals surface area contributed by atoms with Crippen LogP contribution in [0.1, 0.15) is 35.7 Å². The van der Waals surface area contributed by atoms with Crippen molar-refractivity contribution in [3.05, 3.63) is 57.6 Å². The molecule has 36 heavy (non-hydrogen) atoms. The van der Waals surface area contributed by atoms with Gasteiger partial charge in [-0.05, 0) is 45.0 Å². The van der Waals surface area contributed by atoms with Gasteiger partial charge in [0.25, 0.3) is 5.91 Å². The van der Waals surface area contributed by atoms with Crippen molar-refractivity contribution < 1.29 is 33.7 Å². The van der Waals surface area contributed by atoms with Crippen LogP contribution in [0.3, 0.4) is 0 Å². The fraction of sp³-hybridized carbons (Fsp3) is 0.400. The lowest BCUT2D eigenvalue weighted by atomic mass is 10.1. The first-order chi connectivity index (χ1) is 17.3. The molecule has 0 saturated carbocycles. The number of amides is 1. The molecular formula is C25H30Cl2N2O7. The molecule has 11 heteroatoms. The van der Waals surface area contributed by atoms with Crippen molar-refractivity contribution in [1.29, 1.82) is 0 Å². The number of esters is 2. The van der Waals surface area contributed by atoms with Gasteiger partial charge in [0.1, 0.15) is 11.1 Å². The van der Waals surface area contributed by atoms with E-state index >= 15 is 0 Å². The van der Waals surface area contributed by atoms with E-state index in [4.69, 9.17) is 37.4 Å². The largest absolute Gasteiger partial charge is 0.505 e. The second-order valence-electron chi connectivity index (χ2n) is 7.69. The molecule has 3 N–H and O–H groups in total. The number of phenols is 1. The van der Waals surface area contributed by atoms with Crippen molar-refractivity contribution >= 4 is 41.0 Å². The van der Waals surface area contributed by atoms with Crippen LogP contribution in [0.4, 0.5) is 0 Å². The van der Waals surface area contributed by atoms with Crippen molar-refractivity contribution in [3.63, 3.8) is 0 Å². The maximum Gasteiger partial charge on any atom is 0.344 e. The molecule has 0 fully saturated rings. The second kappa shape index (κ2) is 15.2. The molecule has 0 radical (unpaired) electrons. The summed E-state index contributed by atoms with van der Waals surface area (Å²) in [6, 6.07) is 8.95. The van der Waals surface area contributed by atoms with E-state index in [0.29, 0.717) is 6.61 Å². The van der Waals surface area contributed by atoms with Crippen LogP contribution in [0.15, 0.2) is 36.4 Å². The summed E-state index contributed by atoms with van der Waals surface area (Å²) in [7, 11) is 1.85. The zero-order valence-corrected chi connectivity index (χ0v) is 21.7. The molecule has 196 valence electrons. The number of rotatable bonds is 14. The number of carbonyl (C=O) groups is 3. The molecule has 0 spiro atoms. The summed E-state index contributed by atoms with van der Waals surface area (Å²) in [4.78, 5) is 37.3. The Hall–Kier alpha value is -3.01. The smallest absolute Gasteiger partial charge is 0.344 e. The molecule has 0 heterocycles. The van der Waals surface area contributed by atoms with Crippen LogP contribution in [0.5, 0.6) is 11.5 Å². The SMILES string of the molecule is CCOC(=O)COC(=O)C(Cc1ccccc1)NC(=O)c1cc(Cl)c(OCCCCNC)c(Cl)c1O. The molecule has 1 atom stereocenters. The van der Waals surface area contributed by atoms with Crippen molar-refractivity contribution in [1.82, 2.24) is 10.6 Å². The molecule has 2 aromatic carbocycles. The molecule has 0 saturated heterocycles. The zero-order chi connectivity index (χ0) is 26.5. The second-order valence-corrected chi connectivity index (χ2v) is 8.47. The Balaban J connectivity index is 2.18. The number of ether oxygens (including phenoxy) is 3. The molecule has 0 aliphatic heterocycles. The topological polar surface area (TPSA) is 123 Å². The van der Waals surface area contributed by atoms with Crippen LogP contribution in [-0.2, 0) is 25.5 Å². The Morgan fingerprint density at radius 1 is 1.08 bits per heavy atom. The van der Waals surface area contributed by atoms with Crippen LogP contribution in [-0.4, -0.2) is 62.4 Å². The maximum atomic E-state index is 13.0. The first-order valence-corrected chi connectivity index (χ1v) is 12.2. The van der Waals surface area contributed by atoms with Crippen LogP contribution < -0.4 is 15.4 Å². The molecule has 0 aliphatic carbocycles. The van der Waals surface area contributed by atoms with Gasteiger partial charge in [0.2, 0.25) is 0 Å². The van der Waals surface area contributed by atoms with Gasteiger partial charge in [-0.25, -0.2) is 9.59 Å². The van der Waals surface area contributed by atoms with E-state index in [-0.39, 0.29) is 34.4 Å². The van der Waals surface area contributed by atoms with E-state index in [1.165, 1.54) is 6.07 Å². The standard InChI is InChI=1S/C25H30Cl2N2O7/c1-3-34-20(30)15-36-25(33)19(13-16-9-5-4-6-10-16)29-24(32)17-14-18(26)23(21(27)22(17)31)35-12-8-7-11-28-2/h4-6,9-10,14,19,28,31H,3,7-8,11-13,15H2,1-2H3,(H,29,32). The third-order valence-corrected chi connectivity index (χ3v) is 5.60. The lowest BCUT2D eigenvalue weighted by Crippen LogP contribution is -2.44. The van der Waals surface area contributed by atoms with Gasteiger partial charge < -0.3 is 30.0 Å². The summed E-state index contributed by atoms with van der Waals surface area (Å²) >= 11 is 12.5. The van der Waals surface area contributed by atoms with Crippen LogP contribution >= 0.6 is 23.2 Å². The van der Waals surface area contributed by atoms with Gasteiger partial charge in [0, 0.05) is 6.42 Å². The summed E-state index contributed by atoms with van der Waals surface area (Å²) < 4.78 is 15.4. The molecule has 2 rings (SSSR count). The van der Waals surface area contributed by atoms with Crippen LogP contribution in [0.2, 0.25) is 10.0 Å². The summed E-state index contributed by atoms with van der Waals surface area (Å²) in [6.45, 7) is 2.30. The Kier molecular flexibility index (Phi) is 12.3. The number of unbranched alkanes of at least 4 members (excludes halogenated alkanes) is 1. The zero-order valence-electron chi connectivity index (χ0n) is 20.1. The average molecular weight is 541 g/mol. The van der Waals surface area contributed by atoms with E-state index in [1.54, 1.807) is 31.2 Å². The summed E-state index contributed by atoms with van der Waals surface area (Å²) in [6.07, 6.45) is 1.67. The highest BCUT2D eigenvalue weighted by Gasteiger charge is 2.27. The minimum Gasteiger partial charge on any atom is -0.505 e. The number of benzene rings is 2. The Bertz CT molecular complexity index is 1030. The first-order valence-electron chi connectivity index (χ1n) is 11.4. The van der Waals surface area contributed by atoms with Gasteiger partial charge in [-0.1, -0.05) is 53.5 Å². The van der Waals surface area contributed by atoms with Gasteiger partial charge in [0.05, 0.1) is 23.8 Å². The highest BCUT2D eigenvalue weighted by Crippen LogP contribution is 2.42. The van der Waals surface area contributed by atoms with Gasteiger partial charge in [-0.2, -0.15) is 0 Å². The minimum absolute atomic E-state index is 0.0288. The molecular weight excluding hydrogens is 511 g/mol. The number of carbonyl (C=O) groups excluding carboxylic acids is 3. The number of nitrogens with one attached hydrogen (secondary N) is 2. The van der Waals surface area contributed by atoms with Gasteiger partial charge in [-0.3, -0.25) is 4.79 Å². The van der Waals surface area contributed by atoms with E-state index in [9.17, 15) is 19.5 Å². The first kappa shape index (κ1) is 29.2. The Morgan fingerprint density at radius 3 is 2.47 bits per heavy atom. The summed E-state index contributed by atoms with van der Waals surface area (Å²) in [5.74, 6) is -2.86. The number of hydrogen-bond acceptors (Lipinski definition) is 8. The quantitative estimate of drug-likeness (QED) is 0.245. The molecule has 9 nitrogen and oxygen atoms in total. The van der Waals surface area contributed by atoms with E-state index in [2.05, 4.69) is 10.6 Å². The maximum absolute atomic E-state index is 13.0.